The van der Waals surface area contributed by atoms with Crippen LogP contribution in [-0.4, -0.2) is 15.6 Å². The molecule has 4 rings (SSSR count). The smallest absolute Gasteiger partial charge is 0.352 e. The van der Waals surface area contributed by atoms with E-state index < -0.39 is 5.97 Å². The maximum atomic E-state index is 13.7. The van der Waals surface area contributed by atoms with Gasteiger partial charge < -0.3 is 15.0 Å². The van der Waals surface area contributed by atoms with Crippen LogP contribution in [0.25, 0.3) is 10.9 Å². The number of carboxylic acid groups (broad SMARTS) is 1. The van der Waals surface area contributed by atoms with Gasteiger partial charge in [-0.1, -0.05) is 60.1 Å². The fraction of sp³-hybridized carbons (Fsp3) is 0.125. The fourth-order valence-corrected chi connectivity index (χ4v) is 3.95. The second kappa shape index (κ2) is 8.69. The molecule has 3 aromatic carbocycles. The molecule has 0 aliphatic rings. The second-order valence-electron chi connectivity index (χ2n) is 7.06. The SMILES string of the molecule is O=C(O)c1c(CNCc2ccccc2Cl)c2ccccc2n1Cc1cccc(F)c1. The van der Waals surface area contributed by atoms with Gasteiger partial charge in [0.25, 0.3) is 0 Å². The Kier molecular flexibility index (Phi) is 5.84. The molecule has 0 bridgehead atoms. The van der Waals surface area contributed by atoms with Crippen molar-refractivity contribution in [3.05, 3.63) is 106 Å². The predicted molar refractivity (Wildman–Crippen MR) is 116 cm³/mol. The molecule has 30 heavy (non-hydrogen) atoms. The minimum atomic E-state index is -1.02. The van der Waals surface area contributed by atoms with Crippen LogP contribution in [0.3, 0.4) is 0 Å². The van der Waals surface area contributed by atoms with Crippen molar-refractivity contribution in [2.75, 3.05) is 0 Å². The van der Waals surface area contributed by atoms with Gasteiger partial charge in [0.05, 0.1) is 0 Å². The Balaban J connectivity index is 1.71. The Bertz CT molecular complexity index is 1220. The first-order valence-electron chi connectivity index (χ1n) is 9.56. The molecule has 0 aliphatic heterocycles. The summed E-state index contributed by atoms with van der Waals surface area (Å²) in [4.78, 5) is 12.2. The van der Waals surface area contributed by atoms with Crippen molar-refractivity contribution in [3.8, 4) is 0 Å². The van der Waals surface area contributed by atoms with Crippen LogP contribution in [0.1, 0.15) is 27.2 Å². The summed E-state index contributed by atoms with van der Waals surface area (Å²) in [6.07, 6.45) is 0. The molecular formula is C24H20ClFN2O2. The quantitative estimate of drug-likeness (QED) is 0.415. The fourth-order valence-electron chi connectivity index (χ4n) is 3.74. The lowest BCUT2D eigenvalue weighted by molar-refractivity contribution is 0.0685. The van der Waals surface area contributed by atoms with Gasteiger partial charge >= 0.3 is 5.97 Å². The number of carbonyl (C=O) groups is 1. The van der Waals surface area contributed by atoms with Crippen molar-refractivity contribution >= 4 is 28.5 Å². The second-order valence-corrected chi connectivity index (χ2v) is 7.47. The van der Waals surface area contributed by atoms with Gasteiger partial charge in [0.1, 0.15) is 11.5 Å². The third-order valence-corrected chi connectivity index (χ3v) is 5.45. The first-order valence-corrected chi connectivity index (χ1v) is 9.94. The van der Waals surface area contributed by atoms with E-state index in [2.05, 4.69) is 5.32 Å². The van der Waals surface area contributed by atoms with Gasteiger partial charge in [-0.25, -0.2) is 9.18 Å². The zero-order valence-electron chi connectivity index (χ0n) is 16.1. The molecule has 1 heterocycles. The van der Waals surface area contributed by atoms with Gasteiger partial charge in [0.15, 0.2) is 0 Å². The molecule has 4 nitrogen and oxygen atoms in total. The van der Waals surface area contributed by atoms with Crippen LogP contribution in [0.15, 0.2) is 72.8 Å². The number of nitrogens with one attached hydrogen (secondary N) is 1. The molecule has 0 amide bonds. The number of hydrogen-bond donors (Lipinski definition) is 2. The van der Waals surface area contributed by atoms with E-state index in [0.717, 1.165) is 16.5 Å². The van der Waals surface area contributed by atoms with E-state index in [4.69, 9.17) is 11.6 Å². The highest BCUT2D eigenvalue weighted by Gasteiger charge is 2.22. The van der Waals surface area contributed by atoms with Gasteiger partial charge in [0.2, 0.25) is 0 Å². The van der Waals surface area contributed by atoms with Gasteiger partial charge in [-0.15, -0.1) is 0 Å². The minimum absolute atomic E-state index is 0.201. The molecule has 1 aromatic heterocycles. The molecule has 0 unspecified atom stereocenters. The molecule has 0 saturated carbocycles. The first-order chi connectivity index (χ1) is 14.5. The number of rotatable bonds is 7. The molecule has 0 saturated heterocycles. The Labute approximate surface area is 178 Å². The Morgan fingerprint density at radius 2 is 1.77 bits per heavy atom. The highest BCUT2D eigenvalue weighted by Crippen LogP contribution is 2.28. The molecule has 2 N–H and O–H groups in total. The van der Waals surface area contributed by atoms with Crippen molar-refractivity contribution in [1.82, 2.24) is 9.88 Å². The number of fused-ring (bicyclic) bond motifs is 1. The van der Waals surface area contributed by atoms with E-state index in [1.165, 1.54) is 12.1 Å². The third kappa shape index (κ3) is 4.08. The molecule has 6 heteroatoms. The molecule has 4 aromatic rings. The number of aromatic nitrogens is 1. The summed E-state index contributed by atoms with van der Waals surface area (Å²) < 4.78 is 15.4. The zero-order chi connectivity index (χ0) is 21.1. The summed E-state index contributed by atoms with van der Waals surface area (Å²) in [5, 5.41) is 14.8. The van der Waals surface area contributed by atoms with Crippen LogP contribution in [0.5, 0.6) is 0 Å². The largest absolute Gasteiger partial charge is 0.477 e. The molecule has 0 atom stereocenters. The average molecular weight is 423 g/mol. The van der Waals surface area contributed by atoms with Crippen LogP contribution in [0, 0.1) is 5.82 Å². The van der Waals surface area contributed by atoms with Crippen molar-refractivity contribution < 1.29 is 14.3 Å². The summed E-state index contributed by atoms with van der Waals surface area (Å²) in [5.74, 6) is -1.36. The topological polar surface area (TPSA) is 54.3 Å². The Morgan fingerprint density at radius 1 is 1.00 bits per heavy atom. The normalized spacial score (nSPS) is 11.1. The van der Waals surface area contributed by atoms with Gasteiger partial charge in [-0.2, -0.15) is 0 Å². The van der Waals surface area contributed by atoms with E-state index in [0.29, 0.717) is 29.2 Å². The van der Waals surface area contributed by atoms with E-state index in [1.54, 1.807) is 16.7 Å². The number of nitrogens with zero attached hydrogens (tertiary/aromatic N) is 1. The summed E-state index contributed by atoms with van der Waals surface area (Å²) in [6.45, 7) is 1.15. The molecule has 0 radical (unpaired) electrons. The van der Waals surface area contributed by atoms with Crippen molar-refractivity contribution in [3.63, 3.8) is 0 Å². The minimum Gasteiger partial charge on any atom is -0.477 e. The van der Waals surface area contributed by atoms with Crippen molar-refractivity contribution in [2.45, 2.75) is 19.6 Å². The van der Waals surface area contributed by atoms with Crippen LogP contribution in [-0.2, 0) is 19.6 Å². The van der Waals surface area contributed by atoms with Crippen LogP contribution in [0.4, 0.5) is 4.39 Å². The molecular weight excluding hydrogens is 403 g/mol. The number of halogens is 2. The number of para-hydroxylation sites is 1. The van der Waals surface area contributed by atoms with E-state index in [1.807, 2.05) is 48.5 Å². The molecule has 0 aliphatic carbocycles. The number of aromatic carboxylic acids is 1. The van der Waals surface area contributed by atoms with Crippen molar-refractivity contribution in [1.29, 1.82) is 0 Å². The van der Waals surface area contributed by atoms with Gasteiger partial charge in [-0.3, -0.25) is 0 Å². The molecule has 0 fully saturated rings. The predicted octanol–water partition coefficient (Wildman–Crippen LogP) is 5.47. The highest BCUT2D eigenvalue weighted by molar-refractivity contribution is 6.31. The summed E-state index contributed by atoms with van der Waals surface area (Å²) in [7, 11) is 0. The highest BCUT2D eigenvalue weighted by atomic mass is 35.5. The lowest BCUT2D eigenvalue weighted by Crippen LogP contribution is -2.17. The maximum Gasteiger partial charge on any atom is 0.352 e. The lowest BCUT2D eigenvalue weighted by Gasteiger charge is -2.10. The summed E-state index contributed by atoms with van der Waals surface area (Å²) >= 11 is 6.22. The monoisotopic (exact) mass is 422 g/mol. The van der Waals surface area contributed by atoms with Crippen LogP contribution in [0.2, 0.25) is 5.02 Å². The standard InChI is InChI=1S/C24H20ClFN2O2/c25-21-10-3-1-7-17(21)13-27-14-20-19-9-2-4-11-22(19)28(23(20)24(29)30)15-16-6-5-8-18(26)12-16/h1-12,27H,13-15H2,(H,29,30). The number of benzene rings is 3. The zero-order valence-corrected chi connectivity index (χ0v) is 16.9. The lowest BCUT2D eigenvalue weighted by atomic mass is 10.1. The van der Waals surface area contributed by atoms with E-state index in [9.17, 15) is 14.3 Å². The van der Waals surface area contributed by atoms with Gasteiger partial charge in [0, 0.05) is 41.1 Å². The number of carboxylic acids is 1. The molecule has 0 spiro atoms. The third-order valence-electron chi connectivity index (χ3n) is 5.08. The summed E-state index contributed by atoms with van der Waals surface area (Å²) in [5.41, 5.74) is 3.34. The average Bonchev–Trinajstić information content (AvgIpc) is 3.03. The van der Waals surface area contributed by atoms with Crippen LogP contribution < -0.4 is 5.32 Å². The van der Waals surface area contributed by atoms with Crippen molar-refractivity contribution in [2.24, 2.45) is 0 Å². The van der Waals surface area contributed by atoms with E-state index in [-0.39, 0.29) is 18.1 Å². The first kappa shape index (κ1) is 20.1. The maximum absolute atomic E-state index is 13.7. The molecule has 152 valence electrons. The Hall–Kier alpha value is -3.15. The summed E-state index contributed by atoms with van der Waals surface area (Å²) in [6, 6.07) is 21.3. The Morgan fingerprint density at radius 3 is 2.53 bits per heavy atom. The number of hydrogen-bond acceptors (Lipinski definition) is 2. The van der Waals surface area contributed by atoms with E-state index >= 15 is 0 Å². The van der Waals surface area contributed by atoms with Crippen LogP contribution >= 0.6 is 11.6 Å². The van der Waals surface area contributed by atoms with Gasteiger partial charge in [-0.05, 0) is 35.4 Å².